The van der Waals surface area contributed by atoms with Crippen LogP contribution in [0.3, 0.4) is 0 Å². The largest absolute Gasteiger partial charge is 0.374 e. The van der Waals surface area contributed by atoms with E-state index in [-0.39, 0.29) is 12.1 Å². The van der Waals surface area contributed by atoms with Crippen LogP contribution in [0.4, 0.5) is 16.2 Å². The zero-order valence-electron chi connectivity index (χ0n) is 18.3. The number of carbonyl (C=O) groups is 1. The molecule has 2 fully saturated rings. The SMILES string of the molecule is O=C(NCC1CN(Cc2ccccc2)CCO1)Nc1ccccc1N1CCCCCC1. The van der Waals surface area contributed by atoms with E-state index in [0.717, 1.165) is 44.1 Å². The smallest absolute Gasteiger partial charge is 0.319 e. The van der Waals surface area contributed by atoms with Gasteiger partial charge in [-0.2, -0.15) is 0 Å². The normalized spacial score (nSPS) is 20.1. The Hall–Kier alpha value is -2.57. The summed E-state index contributed by atoms with van der Waals surface area (Å²) in [6, 6.07) is 18.4. The number of nitrogens with one attached hydrogen (secondary N) is 2. The fourth-order valence-electron chi connectivity index (χ4n) is 4.43. The van der Waals surface area contributed by atoms with Crippen molar-refractivity contribution < 1.29 is 9.53 Å². The quantitative estimate of drug-likeness (QED) is 0.736. The van der Waals surface area contributed by atoms with Crippen molar-refractivity contribution >= 4 is 17.4 Å². The van der Waals surface area contributed by atoms with Gasteiger partial charge >= 0.3 is 6.03 Å². The molecule has 1 unspecified atom stereocenters. The van der Waals surface area contributed by atoms with Crippen LogP contribution in [0.1, 0.15) is 31.2 Å². The fraction of sp³-hybridized carbons (Fsp3) is 0.480. The molecule has 2 aliphatic rings. The molecule has 166 valence electrons. The molecule has 2 aromatic carbocycles. The van der Waals surface area contributed by atoms with Crippen molar-refractivity contribution in [2.45, 2.75) is 38.3 Å². The van der Waals surface area contributed by atoms with Crippen LogP contribution in [-0.4, -0.2) is 56.4 Å². The highest BCUT2D eigenvalue weighted by atomic mass is 16.5. The van der Waals surface area contributed by atoms with Crippen LogP contribution in [-0.2, 0) is 11.3 Å². The molecule has 0 radical (unpaired) electrons. The van der Waals surface area contributed by atoms with Gasteiger partial charge in [-0.05, 0) is 30.5 Å². The second-order valence-corrected chi connectivity index (χ2v) is 8.47. The molecule has 31 heavy (non-hydrogen) atoms. The van der Waals surface area contributed by atoms with Crippen LogP contribution in [0.15, 0.2) is 54.6 Å². The van der Waals surface area contributed by atoms with Crippen molar-refractivity contribution in [3.8, 4) is 0 Å². The van der Waals surface area contributed by atoms with E-state index in [1.807, 2.05) is 24.3 Å². The molecule has 0 aromatic heterocycles. The highest BCUT2D eigenvalue weighted by Crippen LogP contribution is 2.27. The van der Waals surface area contributed by atoms with Gasteiger partial charge in [-0.15, -0.1) is 0 Å². The second-order valence-electron chi connectivity index (χ2n) is 8.47. The first-order valence-corrected chi connectivity index (χ1v) is 11.5. The van der Waals surface area contributed by atoms with Crippen molar-refractivity contribution in [2.75, 3.05) is 49.5 Å². The molecular weight excluding hydrogens is 388 g/mol. The lowest BCUT2D eigenvalue weighted by Gasteiger charge is -2.33. The molecule has 2 N–H and O–H groups in total. The van der Waals surface area contributed by atoms with Crippen LogP contribution < -0.4 is 15.5 Å². The van der Waals surface area contributed by atoms with Crippen molar-refractivity contribution in [3.05, 3.63) is 60.2 Å². The number of amides is 2. The topological polar surface area (TPSA) is 56.8 Å². The lowest BCUT2D eigenvalue weighted by molar-refractivity contribution is -0.0285. The van der Waals surface area contributed by atoms with E-state index in [1.54, 1.807) is 0 Å². The van der Waals surface area contributed by atoms with Gasteiger partial charge < -0.3 is 20.3 Å². The van der Waals surface area contributed by atoms with Gasteiger partial charge in [0.25, 0.3) is 0 Å². The van der Waals surface area contributed by atoms with Gasteiger partial charge in [0.15, 0.2) is 0 Å². The van der Waals surface area contributed by atoms with Crippen LogP contribution in [0, 0.1) is 0 Å². The standard InChI is InChI=1S/C25H34N4O2/c30-25(27-23-12-6-7-13-24(23)29-14-8-1-2-9-15-29)26-18-22-20-28(16-17-31-22)19-21-10-4-3-5-11-21/h3-7,10-13,22H,1-2,8-9,14-20H2,(H2,26,27,30). The van der Waals surface area contributed by atoms with Gasteiger partial charge in [-0.3, -0.25) is 4.90 Å². The summed E-state index contributed by atoms with van der Waals surface area (Å²) in [6.07, 6.45) is 4.99. The van der Waals surface area contributed by atoms with Crippen molar-refractivity contribution in [1.82, 2.24) is 10.2 Å². The van der Waals surface area contributed by atoms with Gasteiger partial charge in [0.2, 0.25) is 0 Å². The maximum Gasteiger partial charge on any atom is 0.319 e. The summed E-state index contributed by atoms with van der Waals surface area (Å²) < 4.78 is 5.89. The Morgan fingerprint density at radius 1 is 0.935 bits per heavy atom. The maximum atomic E-state index is 12.6. The summed E-state index contributed by atoms with van der Waals surface area (Å²) in [5, 5.41) is 6.07. The molecule has 2 aromatic rings. The molecule has 0 aliphatic carbocycles. The predicted molar refractivity (Wildman–Crippen MR) is 126 cm³/mol. The summed E-state index contributed by atoms with van der Waals surface area (Å²) in [5.41, 5.74) is 3.29. The first kappa shape index (κ1) is 21.7. The molecule has 1 atom stereocenters. The van der Waals surface area contributed by atoms with E-state index in [4.69, 9.17) is 4.74 Å². The number of urea groups is 1. The molecule has 6 nitrogen and oxygen atoms in total. The minimum Gasteiger partial charge on any atom is -0.374 e. The van der Waals surface area contributed by atoms with Crippen LogP contribution in [0.25, 0.3) is 0 Å². The number of nitrogens with zero attached hydrogens (tertiary/aromatic N) is 2. The zero-order chi connectivity index (χ0) is 21.3. The minimum absolute atomic E-state index is 0.00376. The second kappa shape index (κ2) is 11.2. The molecule has 0 saturated carbocycles. The van der Waals surface area contributed by atoms with Crippen molar-refractivity contribution in [2.24, 2.45) is 0 Å². The number of benzene rings is 2. The summed E-state index contributed by atoms with van der Waals surface area (Å²) >= 11 is 0. The number of hydrogen-bond acceptors (Lipinski definition) is 4. The molecule has 2 heterocycles. The van der Waals surface area contributed by atoms with Crippen molar-refractivity contribution in [1.29, 1.82) is 0 Å². The third-order valence-electron chi connectivity index (χ3n) is 6.06. The van der Waals surface area contributed by atoms with E-state index < -0.39 is 0 Å². The van der Waals surface area contributed by atoms with Crippen LogP contribution in [0.2, 0.25) is 0 Å². The van der Waals surface area contributed by atoms with Gasteiger partial charge in [-0.1, -0.05) is 55.3 Å². The van der Waals surface area contributed by atoms with Gasteiger partial charge in [0, 0.05) is 39.3 Å². The van der Waals surface area contributed by atoms with E-state index in [9.17, 15) is 4.79 Å². The Bertz CT molecular complexity index is 821. The Morgan fingerprint density at radius 3 is 2.48 bits per heavy atom. The third kappa shape index (κ3) is 6.45. The number of carbonyl (C=O) groups excluding carboxylic acids is 1. The molecule has 4 rings (SSSR count). The highest BCUT2D eigenvalue weighted by molar-refractivity contribution is 5.93. The van der Waals surface area contributed by atoms with Crippen molar-refractivity contribution in [3.63, 3.8) is 0 Å². The van der Waals surface area contributed by atoms with Gasteiger partial charge in [0.1, 0.15) is 0 Å². The lowest BCUT2D eigenvalue weighted by atomic mass is 10.2. The Kier molecular flexibility index (Phi) is 7.80. The van der Waals surface area contributed by atoms with E-state index in [1.165, 1.54) is 31.2 Å². The summed E-state index contributed by atoms with van der Waals surface area (Å²) in [4.78, 5) is 17.4. The summed E-state index contributed by atoms with van der Waals surface area (Å²) in [6.45, 7) is 5.94. The van der Waals surface area contributed by atoms with Crippen LogP contribution >= 0.6 is 0 Å². The lowest BCUT2D eigenvalue weighted by Crippen LogP contribution is -2.47. The molecule has 2 amide bonds. The number of anilines is 2. The average Bonchev–Trinajstić information content (AvgIpc) is 3.09. The number of morpholine rings is 1. The number of ether oxygens (including phenoxy) is 1. The van der Waals surface area contributed by atoms with Gasteiger partial charge in [-0.25, -0.2) is 4.79 Å². The van der Waals surface area contributed by atoms with Crippen LogP contribution in [0.5, 0.6) is 0 Å². The summed E-state index contributed by atoms with van der Waals surface area (Å²) in [5.74, 6) is 0. The summed E-state index contributed by atoms with van der Waals surface area (Å²) in [7, 11) is 0. The first-order chi connectivity index (χ1) is 15.3. The maximum absolute atomic E-state index is 12.6. The Morgan fingerprint density at radius 2 is 1.68 bits per heavy atom. The predicted octanol–water partition coefficient (Wildman–Crippen LogP) is 4.09. The Balaban J connectivity index is 1.27. The molecule has 0 bridgehead atoms. The molecule has 6 heteroatoms. The van der Waals surface area contributed by atoms with E-state index in [2.05, 4.69) is 50.8 Å². The minimum atomic E-state index is -0.175. The fourth-order valence-corrected chi connectivity index (χ4v) is 4.43. The van der Waals surface area contributed by atoms with E-state index >= 15 is 0 Å². The monoisotopic (exact) mass is 422 g/mol. The average molecular weight is 423 g/mol. The number of rotatable bonds is 6. The van der Waals surface area contributed by atoms with Gasteiger partial charge in [0.05, 0.1) is 24.1 Å². The Labute approximate surface area is 185 Å². The molecular formula is C25H34N4O2. The number of para-hydroxylation sites is 2. The molecule has 0 spiro atoms. The molecule has 2 aliphatic heterocycles. The zero-order valence-corrected chi connectivity index (χ0v) is 18.3. The molecule has 2 saturated heterocycles. The number of hydrogen-bond donors (Lipinski definition) is 2. The van der Waals surface area contributed by atoms with E-state index in [0.29, 0.717) is 13.2 Å². The highest BCUT2D eigenvalue weighted by Gasteiger charge is 2.21. The third-order valence-corrected chi connectivity index (χ3v) is 6.06. The first-order valence-electron chi connectivity index (χ1n) is 11.5.